The van der Waals surface area contributed by atoms with Crippen molar-refractivity contribution in [2.24, 2.45) is 0 Å². The monoisotopic (exact) mass is 478 g/mol. The number of aryl methyl sites for hydroxylation is 3. The van der Waals surface area contributed by atoms with Crippen LogP contribution < -0.4 is 14.4 Å². The van der Waals surface area contributed by atoms with E-state index in [1.807, 2.05) is 51.1 Å². The van der Waals surface area contributed by atoms with Gasteiger partial charge in [-0.05, 0) is 68.1 Å². The first-order valence-electron chi connectivity index (χ1n) is 11.4. The van der Waals surface area contributed by atoms with Gasteiger partial charge in [0.05, 0.1) is 23.2 Å². The molecule has 3 aromatic rings. The Morgan fingerprint density at radius 2 is 1.68 bits per heavy atom. The molecular formula is C27H30N2O4S. The van der Waals surface area contributed by atoms with E-state index in [1.165, 1.54) is 9.87 Å². The van der Waals surface area contributed by atoms with E-state index in [-0.39, 0.29) is 23.4 Å². The van der Waals surface area contributed by atoms with Gasteiger partial charge in [-0.3, -0.25) is 9.10 Å². The SMILES string of the molecule is CCc1ccc([C@H](C)NC(=O)[C@H]2CN(S(=O)(=O)c3ccc(C)cc3)c3ccc(C)cc3O2)cc1. The van der Waals surface area contributed by atoms with Crippen molar-refractivity contribution in [1.29, 1.82) is 0 Å². The minimum Gasteiger partial charge on any atom is -0.476 e. The summed E-state index contributed by atoms with van der Waals surface area (Å²) in [7, 11) is -3.89. The molecule has 0 saturated heterocycles. The molecule has 0 fully saturated rings. The summed E-state index contributed by atoms with van der Waals surface area (Å²) in [5.41, 5.74) is 4.51. The normalized spacial score (nSPS) is 16.4. The number of nitrogens with one attached hydrogen (secondary N) is 1. The van der Waals surface area contributed by atoms with Crippen LogP contribution in [0.4, 0.5) is 5.69 Å². The van der Waals surface area contributed by atoms with Gasteiger partial charge in [0.25, 0.3) is 15.9 Å². The molecule has 0 spiro atoms. The molecule has 1 heterocycles. The summed E-state index contributed by atoms with van der Waals surface area (Å²) in [4.78, 5) is 13.4. The Kier molecular flexibility index (Phi) is 6.66. The van der Waals surface area contributed by atoms with Gasteiger partial charge in [0.15, 0.2) is 6.10 Å². The van der Waals surface area contributed by atoms with E-state index in [1.54, 1.807) is 36.4 Å². The van der Waals surface area contributed by atoms with Crippen molar-refractivity contribution in [3.8, 4) is 5.75 Å². The van der Waals surface area contributed by atoms with E-state index in [0.717, 1.165) is 23.1 Å². The van der Waals surface area contributed by atoms with Crippen LogP contribution in [0.15, 0.2) is 71.6 Å². The molecule has 0 aromatic heterocycles. The highest BCUT2D eigenvalue weighted by molar-refractivity contribution is 7.92. The van der Waals surface area contributed by atoms with Crippen molar-refractivity contribution in [3.05, 3.63) is 89.0 Å². The lowest BCUT2D eigenvalue weighted by Crippen LogP contribution is -2.51. The maximum Gasteiger partial charge on any atom is 0.264 e. The zero-order valence-corrected chi connectivity index (χ0v) is 20.7. The van der Waals surface area contributed by atoms with E-state index < -0.39 is 16.1 Å². The van der Waals surface area contributed by atoms with Crippen molar-refractivity contribution in [1.82, 2.24) is 5.32 Å². The first-order valence-corrected chi connectivity index (χ1v) is 12.9. The molecule has 0 saturated carbocycles. The van der Waals surface area contributed by atoms with Gasteiger partial charge in [0, 0.05) is 0 Å². The molecule has 7 heteroatoms. The van der Waals surface area contributed by atoms with Gasteiger partial charge >= 0.3 is 0 Å². The Balaban J connectivity index is 1.62. The van der Waals surface area contributed by atoms with Crippen molar-refractivity contribution in [3.63, 3.8) is 0 Å². The molecule has 1 aliphatic rings. The highest BCUT2D eigenvalue weighted by Gasteiger charge is 2.38. The molecule has 3 aromatic carbocycles. The van der Waals surface area contributed by atoms with Crippen LogP contribution in [-0.4, -0.2) is 27.0 Å². The van der Waals surface area contributed by atoms with Crippen molar-refractivity contribution >= 4 is 21.6 Å². The second-order valence-corrected chi connectivity index (χ2v) is 10.6. The second-order valence-electron chi connectivity index (χ2n) is 8.75. The quantitative estimate of drug-likeness (QED) is 0.557. The molecule has 4 rings (SSSR count). The van der Waals surface area contributed by atoms with Crippen molar-refractivity contribution < 1.29 is 17.9 Å². The average molecular weight is 479 g/mol. The third kappa shape index (κ3) is 4.80. The lowest BCUT2D eigenvalue weighted by molar-refractivity contribution is -0.128. The first kappa shape index (κ1) is 23.8. The van der Waals surface area contributed by atoms with E-state index in [9.17, 15) is 13.2 Å². The maximum absolute atomic E-state index is 13.6. The predicted octanol–water partition coefficient (Wildman–Crippen LogP) is 4.70. The zero-order valence-electron chi connectivity index (χ0n) is 19.9. The number of carbonyl (C=O) groups is 1. The summed E-state index contributed by atoms with van der Waals surface area (Å²) in [6.45, 7) is 7.69. The van der Waals surface area contributed by atoms with Crippen LogP contribution in [0.2, 0.25) is 0 Å². The Bertz CT molecular complexity index is 1290. The molecule has 34 heavy (non-hydrogen) atoms. The smallest absolute Gasteiger partial charge is 0.264 e. The molecule has 0 radical (unpaired) electrons. The van der Waals surface area contributed by atoms with Gasteiger partial charge in [0.1, 0.15) is 5.75 Å². The molecule has 6 nitrogen and oxygen atoms in total. The summed E-state index contributed by atoms with van der Waals surface area (Å²) in [6.07, 6.45) is -0.0342. The number of amides is 1. The number of hydrogen-bond acceptors (Lipinski definition) is 4. The number of benzene rings is 3. The number of hydrogen-bond donors (Lipinski definition) is 1. The number of sulfonamides is 1. The van der Waals surface area contributed by atoms with E-state index in [4.69, 9.17) is 4.74 Å². The topological polar surface area (TPSA) is 75.7 Å². The van der Waals surface area contributed by atoms with E-state index >= 15 is 0 Å². The van der Waals surface area contributed by atoms with Crippen LogP contribution >= 0.6 is 0 Å². The molecule has 0 bridgehead atoms. The average Bonchev–Trinajstić information content (AvgIpc) is 2.83. The number of nitrogens with zero attached hydrogens (tertiary/aromatic N) is 1. The molecule has 2 atom stereocenters. The lowest BCUT2D eigenvalue weighted by Gasteiger charge is -2.35. The standard InChI is InChI=1S/C27H30N2O4S/c1-5-21-9-11-22(12-10-21)20(4)28-27(30)26-17-29(24-15-8-19(3)16-25(24)33-26)34(31,32)23-13-6-18(2)7-14-23/h6-16,20,26H,5,17H2,1-4H3,(H,28,30)/t20-,26+/m0/s1. The van der Waals surface area contributed by atoms with Gasteiger partial charge in [-0.2, -0.15) is 0 Å². The van der Waals surface area contributed by atoms with Gasteiger partial charge in [-0.25, -0.2) is 8.42 Å². The van der Waals surface area contributed by atoms with Crippen LogP contribution in [0.5, 0.6) is 5.75 Å². The van der Waals surface area contributed by atoms with Crippen molar-refractivity contribution in [2.75, 3.05) is 10.8 Å². The van der Waals surface area contributed by atoms with Crippen LogP contribution in [-0.2, 0) is 21.2 Å². The van der Waals surface area contributed by atoms with Crippen LogP contribution in [0.25, 0.3) is 0 Å². The van der Waals surface area contributed by atoms with Gasteiger partial charge < -0.3 is 10.1 Å². The Morgan fingerprint density at radius 3 is 2.32 bits per heavy atom. The fourth-order valence-electron chi connectivity index (χ4n) is 3.99. The zero-order chi connectivity index (χ0) is 24.5. The van der Waals surface area contributed by atoms with Gasteiger partial charge in [0.2, 0.25) is 0 Å². The van der Waals surface area contributed by atoms with Crippen molar-refractivity contribution in [2.45, 2.75) is 51.2 Å². The number of fused-ring (bicyclic) bond motifs is 1. The second kappa shape index (κ2) is 9.50. The number of anilines is 1. The first-order chi connectivity index (χ1) is 16.2. The summed E-state index contributed by atoms with van der Waals surface area (Å²) in [5.74, 6) is 0.0189. The Labute approximate surface area is 201 Å². The van der Waals surface area contributed by atoms with Crippen LogP contribution in [0.1, 0.15) is 42.1 Å². The Morgan fingerprint density at radius 1 is 1.03 bits per heavy atom. The summed E-state index contributed by atoms with van der Waals surface area (Å²) in [5, 5.41) is 2.98. The lowest BCUT2D eigenvalue weighted by atomic mass is 10.0. The summed E-state index contributed by atoms with van der Waals surface area (Å²) >= 11 is 0. The Hall–Kier alpha value is -3.32. The molecule has 1 amide bonds. The molecule has 0 aliphatic carbocycles. The van der Waals surface area contributed by atoms with Crippen LogP contribution in [0, 0.1) is 13.8 Å². The highest BCUT2D eigenvalue weighted by atomic mass is 32.2. The summed E-state index contributed by atoms with van der Waals surface area (Å²) in [6, 6.07) is 19.9. The number of rotatable bonds is 6. The highest BCUT2D eigenvalue weighted by Crippen LogP contribution is 2.38. The van der Waals surface area contributed by atoms with E-state index in [0.29, 0.717) is 11.4 Å². The summed E-state index contributed by atoms with van der Waals surface area (Å²) < 4.78 is 34.4. The fourth-order valence-corrected chi connectivity index (χ4v) is 5.47. The molecule has 1 aliphatic heterocycles. The molecular weight excluding hydrogens is 448 g/mol. The fraction of sp³-hybridized carbons (Fsp3) is 0.296. The third-order valence-corrected chi connectivity index (χ3v) is 7.93. The largest absolute Gasteiger partial charge is 0.476 e. The molecule has 0 unspecified atom stereocenters. The number of ether oxygens (including phenoxy) is 1. The molecule has 178 valence electrons. The van der Waals surface area contributed by atoms with E-state index in [2.05, 4.69) is 12.2 Å². The predicted molar refractivity (Wildman–Crippen MR) is 134 cm³/mol. The van der Waals surface area contributed by atoms with Gasteiger partial charge in [-0.15, -0.1) is 0 Å². The third-order valence-electron chi connectivity index (χ3n) is 6.13. The maximum atomic E-state index is 13.6. The number of carbonyl (C=O) groups excluding carboxylic acids is 1. The molecule has 1 N–H and O–H groups in total. The minimum absolute atomic E-state index is 0.112. The minimum atomic E-state index is -3.89. The van der Waals surface area contributed by atoms with Gasteiger partial charge in [-0.1, -0.05) is 55.0 Å². The van der Waals surface area contributed by atoms with Crippen LogP contribution in [0.3, 0.4) is 0 Å².